The molecule has 1 aromatic heterocycles. The van der Waals surface area contributed by atoms with E-state index in [4.69, 9.17) is 0 Å². The highest BCUT2D eigenvalue weighted by atomic mass is 16.3. The molecule has 1 aliphatic carbocycles. The van der Waals surface area contributed by atoms with Crippen LogP contribution in [0.5, 0.6) is 0 Å². The van der Waals surface area contributed by atoms with E-state index >= 15 is 0 Å². The highest BCUT2D eigenvalue weighted by Gasteiger charge is 2.38. The lowest BCUT2D eigenvalue weighted by atomic mass is 10.0. The first-order valence-electron chi connectivity index (χ1n) is 6.97. The van der Waals surface area contributed by atoms with Crippen LogP contribution in [0.4, 0.5) is 0 Å². The quantitative estimate of drug-likeness (QED) is 0.864. The van der Waals surface area contributed by atoms with Crippen molar-refractivity contribution in [2.24, 2.45) is 5.92 Å². The van der Waals surface area contributed by atoms with Crippen molar-refractivity contribution in [3.63, 3.8) is 0 Å². The van der Waals surface area contributed by atoms with E-state index in [0.717, 1.165) is 18.4 Å². The van der Waals surface area contributed by atoms with Crippen LogP contribution >= 0.6 is 0 Å². The van der Waals surface area contributed by atoms with Gasteiger partial charge in [0.05, 0.1) is 6.04 Å². The summed E-state index contributed by atoms with van der Waals surface area (Å²) in [6.07, 6.45) is 1.80. The maximum Gasteiger partial charge on any atom is 0.217 e. The van der Waals surface area contributed by atoms with Crippen molar-refractivity contribution in [1.82, 2.24) is 14.8 Å². The first-order valence-corrected chi connectivity index (χ1v) is 6.97. The SMILES string of the molecule is O=C(c1nc2n(n1)C(c1ccccc1)CC2O)C1CC1. The molecule has 1 aliphatic heterocycles. The Labute approximate surface area is 116 Å². The molecule has 2 heterocycles. The van der Waals surface area contributed by atoms with E-state index in [1.54, 1.807) is 4.68 Å². The van der Waals surface area contributed by atoms with Gasteiger partial charge in [0.15, 0.2) is 5.82 Å². The van der Waals surface area contributed by atoms with E-state index in [0.29, 0.717) is 12.2 Å². The molecule has 0 amide bonds. The third-order valence-corrected chi connectivity index (χ3v) is 4.05. The van der Waals surface area contributed by atoms with E-state index in [9.17, 15) is 9.90 Å². The monoisotopic (exact) mass is 269 g/mol. The van der Waals surface area contributed by atoms with Crippen LogP contribution in [0.25, 0.3) is 0 Å². The Kier molecular flexibility index (Phi) is 2.50. The fourth-order valence-corrected chi connectivity index (χ4v) is 2.79. The van der Waals surface area contributed by atoms with E-state index in [1.807, 2.05) is 30.3 Å². The minimum absolute atomic E-state index is 0.0194. The lowest BCUT2D eigenvalue weighted by molar-refractivity contribution is 0.0956. The number of ketones is 1. The van der Waals surface area contributed by atoms with Gasteiger partial charge in [-0.15, -0.1) is 5.10 Å². The lowest BCUT2D eigenvalue weighted by Crippen LogP contribution is -2.10. The van der Waals surface area contributed by atoms with Crippen molar-refractivity contribution in [3.8, 4) is 0 Å². The van der Waals surface area contributed by atoms with Crippen molar-refractivity contribution in [2.45, 2.75) is 31.4 Å². The molecule has 0 radical (unpaired) electrons. The number of carbonyl (C=O) groups excluding carboxylic acids is 1. The second-order valence-corrected chi connectivity index (χ2v) is 5.55. The van der Waals surface area contributed by atoms with Gasteiger partial charge in [-0.2, -0.15) is 0 Å². The summed E-state index contributed by atoms with van der Waals surface area (Å²) in [5.41, 5.74) is 1.08. The van der Waals surface area contributed by atoms with E-state index in [-0.39, 0.29) is 23.6 Å². The molecule has 4 rings (SSSR count). The molecule has 2 aliphatic rings. The van der Waals surface area contributed by atoms with Crippen molar-refractivity contribution in [3.05, 3.63) is 47.5 Å². The number of aliphatic hydroxyl groups excluding tert-OH is 1. The maximum absolute atomic E-state index is 12.0. The van der Waals surface area contributed by atoms with Gasteiger partial charge in [-0.25, -0.2) is 9.67 Å². The molecule has 1 fully saturated rings. The van der Waals surface area contributed by atoms with Crippen LogP contribution in [-0.2, 0) is 0 Å². The summed E-state index contributed by atoms with van der Waals surface area (Å²) in [6, 6.07) is 9.88. The minimum atomic E-state index is -0.645. The standard InChI is InChI=1S/C15H15N3O2/c19-12-8-11(9-4-2-1-3-5-9)18-15(12)16-14(17-18)13(20)10-6-7-10/h1-5,10-12,19H,6-8H2. The molecule has 2 unspecified atom stereocenters. The lowest BCUT2D eigenvalue weighted by Gasteiger charge is -2.11. The number of nitrogens with zero attached hydrogens (tertiary/aromatic N) is 3. The van der Waals surface area contributed by atoms with Gasteiger partial charge in [-0.3, -0.25) is 4.79 Å². The van der Waals surface area contributed by atoms with Gasteiger partial charge < -0.3 is 5.11 Å². The Balaban J connectivity index is 1.72. The Bertz CT molecular complexity index is 661. The van der Waals surface area contributed by atoms with Crippen molar-refractivity contribution in [1.29, 1.82) is 0 Å². The van der Waals surface area contributed by atoms with Crippen LogP contribution in [0.3, 0.4) is 0 Å². The zero-order valence-electron chi connectivity index (χ0n) is 10.9. The number of fused-ring (bicyclic) bond motifs is 1. The average molecular weight is 269 g/mol. The molecular formula is C15H15N3O2. The summed E-state index contributed by atoms with van der Waals surface area (Å²) < 4.78 is 1.72. The fourth-order valence-electron chi connectivity index (χ4n) is 2.79. The van der Waals surface area contributed by atoms with Gasteiger partial charge in [0.1, 0.15) is 6.10 Å². The number of rotatable bonds is 3. The summed E-state index contributed by atoms with van der Waals surface area (Å²) in [5.74, 6) is 0.904. The zero-order chi connectivity index (χ0) is 13.7. The Morgan fingerprint density at radius 2 is 2.00 bits per heavy atom. The van der Waals surface area contributed by atoms with Gasteiger partial charge in [0, 0.05) is 12.3 Å². The number of Topliss-reactive ketones (excluding diaryl/α,β-unsaturated/α-hetero) is 1. The van der Waals surface area contributed by atoms with Crippen LogP contribution in [0, 0.1) is 5.92 Å². The van der Waals surface area contributed by atoms with Crippen LogP contribution in [0.15, 0.2) is 30.3 Å². The van der Waals surface area contributed by atoms with Crippen LogP contribution in [0.2, 0.25) is 0 Å². The molecule has 1 aromatic carbocycles. The molecular weight excluding hydrogens is 254 g/mol. The Morgan fingerprint density at radius 3 is 2.70 bits per heavy atom. The topological polar surface area (TPSA) is 68.0 Å². The van der Waals surface area contributed by atoms with Crippen LogP contribution < -0.4 is 0 Å². The molecule has 20 heavy (non-hydrogen) atoms. The van der Waals surface area contributed by atoms with Gasteiger partial charge in [0.25, 0.3) is 0 Å². The zero-order valence-corrected chi connectivity index (χ0v) is 10.9. The van der Waals surface area contributed by atoms with Crippen molar-refractivity contribution < 1.29 is 9.90 Å². The molecule has 0 saturated heterocycles. The van der Waals surface area contributed by atoms with Gasteiger partial charge in [-0.1, -0.05) is 30.3 Å². The summed E-state index contributed by atoms with van der Waals surface area (Å²) in [5, 5.41) is 14.5. The number of carbonyl (C=O) groups is 1. The third-order valence-electron chi connectivity index (χ3n) is 4.05. The van der Waals surface area contributed by atoms with Crippen LogP contribution in [-0.4, -0.2) is 25.7 Å². The molecule has 1 saturated carbocycles. The largest absolute Gasteiger partial charge is 0.385 e. The Morgan fingerprint density at radius 1 is 1.25 bits per heavy atom. The highest BCUT2D eigenvalue weighted by Crippen LogP contribution is 2.38. The smallest absolute Gasteiger partial charge is 0.217 e. The first kappa shape index (κ1) is 11.8. The van der Waals surface area contributed by atoms with Crippen molar-refractivity contribution in [2.75, 3.05) is 0 Å². The molecule has 2 atom stereocenters. The van der Waals surface area contributed by atoms with Crippen LogP contribution in [0.1, 0.15) is 53.4 Å². The van der Waals surface area contributed by atoms with E-state index < -0.39 is 6.10 Å². The number of aromatic nitrogens is 3. The highest BCUT2D eigenvalue weighted by molar-refractivity contribution is 5.95. The molecule has 0 spiro atoms. The number of hydrogen-bond donors (Lipinski definition) is 1. The predicted octanol–water partition coefficient (Wildman–Crippen LogP) is 1.90. The summed E-state index contributed by atoms with van der Waals surface area (Å²) in [7, 11) is 0. The number of aliphatic hydroxyl groups is 1. The summed E-state index contributed by atoms with van der Waals surface area (Å²) >= 11 is 0. The number of benzene rings is 1. The second kappa shape index (κ2) is 4.24. The van der Waals surface area contributed by atoms with E-state index in [2.05, 4.69) is 10.1 Å². The molecule has 5 nitrogen and oxygen atoms in total. The normalized spacial score (nSPS) is 24.6. The molecule has 2 aromatic rings. The van der Waals surface area contributed by atoms with Gasteiger partial charge >= 0.3 is 0 Å². The summed E-state index contributed by atoms with van der Waals surface area (Å²) in [6.45, 7) is 0. The molecule has 102 valence electrons. The molecule has 1 N–H and O–H groups in total. The summed E-state index contributed by atoms with van der Waals surface area (Å²) in [4.78, 5) is 16.3. The van der Waals surface area contributed by atoms with Crippen molar-refractivity contribution >= 4 is 5.78 Å². The van der Waals surface area contributed by atoms with Gasteiger partial charge in [-0.05, 0) is 18.4 Å². The predicted molar refractivity (Wildman–Crippen MR) is 71.2 cm³/mol. The van der Waals surface area contributed by atoms with Gasteiger partial charge in [0.2, 0.25) is 11.6 Å². The number of hydrogen-bond acceptors (Lipinski definition) is 4. The molecule has 0 bridgehead atoms. The first-order chi connectivity index (χ1) is 9.74. The fraction of sp³-hybridized carbons (Fsp3) is 0.400. The second-order valence-electron chi connectivity index (χ2n) is 5.55. The van der Waals surface area contributed by atoms with E-state index in [1.165, 1.54) is 0 Å². The average Bonchev–Trinajstić information content (AvgIpc) is 3.15. The maximum atomic E-state index is 12.0. The Hall–Kier alpha value is -2.01. The minimum Gasteiger partial charge on any atom is -0.385 e. The molecule has 5 heteroatoms. The third kappa shape index (κ3) is 1.78.